The molecule has 0 aliphatic rings. The van der Waals surface area contributed by atoms with E-state index in [4.69, 9.17) is 5.84 Å². The predicted octanol–water partition coefficient (Wildman–Crippen LogP) is 3.60. The second-order valence-corrected chi connectivity index (χ2v) is 3.97. The predicted molar refractivity (Wildman–Crippen MR) is 63.1 cm³/mol. The average Bonchev–Trinajstić information content (AvgIpc) is 2.37. The van der Waals surface area contributed by atoms with Gasteiger partial charge in [0.15, 0.2) is 4.87 Å². The number of nitrogens with zero attached hydrogens (tertiary/aromatic N) is 1. The SMILES string of the molecule is N[N+](=O)c1[c]c(C(F)(F)F)cc(-c2ccccc2F)c1. The summed E-state index contributed by atoms with van der Waals surface area (Å²) in [6, 6.07) is 8.90. The zero-order valence-electron chi connectivity index (χ0n) is 9.91. The molecule has 7 heteroatoms. The molecule has 0 saturated carbocycles. The molecule has 0 saturated heterocycles. The number of rotatable bonds is 2. The van der Waals surface area contributed by atoms with Crippen molar-refractivity contribution < 1.29 is 22.4 Å². The van der Waals surface area contributed by atoms with Crippen LogP contribution in [-0.2, 0) is 6.18 Å². The molecule has 0 aliphatic carbocycles. The Balaban J connectivity index is 2.68. The molecule has 1 radical (unpaired) electrons. The standard InChI is InChI=1S/C13H8F4N2O/c14-12-4-2-1-3-11(12)8-5-9(13(15,16)17)7-10(6-8)19(18)20/h1-6H,(H2,18,20)/q+1. The zero-order chi connectivity index (χ0) is 14.9. The second kappa shape index (κ2) is 4.92. The Morgan fingerprint density at radius 2 is 1.80 bits per heavy atom. The second-order valence-electron chi connectivity index (χ2n) is 3.97. The van der Waals surface area contributed by atoms with Crippen LogP contribution in [0.2, 0.25) is 0 Å². The summed E-state index contributed by atoms with van der Waals surface area (Å²) in [6.07, 6.45) is -4.72. The van der Waals surface area contributed by atoms with Crippen LogP contribution in [-0.4, -0.2) is 4.87 Å². The number of hydrogen-bond acceptors (Lipinski definition) is 1. The maximum atomic E-state index is 13.6. The number of alkyl halides is 3. The third kappa shape index (κ3) is 2.76. The molecule has 0 unspecified atom stereocenters. The first kappa shape index (κ1) is 14.0. The molecule has 0 aromatic heterocycles. The van der Waals surface area contributed by atoms with E-state index in [2.05, 4.69) is 0 Å². The molecule has 0 aliphatic heterocycles. The van der Waals surface area contributed by atoms with Crippen molar-refractivity contribution in [3.8, 4) is 11.1 Å². The van der Waals surface area contributed by atoms with Gasteiger partial charge in [-0.05, 0) is 17.7 Å². The first-order valence-corrected chi connectivity index (χ1v) is 5.40. The van der Waals surface area contributed by atoms with E-state index in [1.165, 1.54) is 18.2 Å². The molecule has 2 aromatic rings. The van der Waals surface area contributed by atoms with Crippen LogP contribution < -0.4 is 5.84 Å². The molecule has 103 valence electrons. The minimum absolute atomic E-state index is 0.0601. The highest BCUT2D eigenvalue weighted by molar-refractivity contribution is 5.67. The Bertz CT molecular complexity index is 668. The summed E-state index contributed by atoms with van der Waals surface area (Å²) in [5, 5.41) is 0. The smallest absolute Gasteiger partial charge is 0.206 e. The first-order chi connectivity index (χ1) is 9.29. The lowest BCUT2D eigenvalue weighted by molar-refractivity contribution is -0.475. The van der Waals surface area contributed by atoms with E-state index in [0.717, 1.165) is 12.1 Å². The van der Waals surface area contributed by atoms with E-state index < -0.39 is 23.2 Å². The maximum Gasteiger partial charge on any atom is 0.417 e. The molecule has 0 spiro atoms. The van der Waals surface area contributed by atoms with Gasteiger partial charge < -0.3 is 0 Å². The zero-order valence-corrected chi connectivity index (χ0v) is 9.91. The van der Waals surface area contributed by atoms with Crippen LogP contribution in [0.15, 0.2) is 36.4 Å². The van der Waals surface area contributed by atoms with Gasteiger partial charge in [-0.15, -0.1) is 0 Å². The van der Waals surface area contributed by atoms with Crippen molar-refractivity contribution in [1.29, 1.82) is 0 Å². The van der Waals surface area contributed by atoms with Gasteiger partial charge in [0.25, 0.3) is 0 Å². The van der Waals surface area contributed by atoms with Crippen molar-refractivity contribution in [2.45, 2.75) is 6.18 Å². The van der Waals surface area contributed by atoms with E-state index in [0.29, 0.717) is 6.07 Å². The normalized spacial score (nSPS) is 11.4. The van der Waals surface area contributed by atoms with Gasteiger partial charge in [0.2, 0.25) is 0 Å². The van der Waals surface area contributed by atoms with Gasteiger partial charge in [-0.3, -0.25) is 0 Å². The van der Waals surface area contributed by atoms with E-state index in [1.54, 1.807) is 0 Å². The van der Waals surface area contributed by atoms with Crippen molar-refractivity contribution in [2.75, 3.05) is 0 Å². The third-order valence-electron chi connectivity index (χ3n) is 2.58. The number of hydrogen-bond donors (Lipinski definition) is 1. The van der Waals surface area contributed by atoms with E-state index in [1.807, 2.05) is 6.07 Å². The Labute approximate surface area is 111 Å². The lowest BCUT2D eigenvalue weighted by Gasteiger charge is -2.09. The van der Waals surface area contributed by atoms with E-state index in [-0.39, 0.29) is 16.0 Å². The summed E-state index contributed by atoms with van der Waals surface area (Å²) >= 11 is 0. The fourth-order valence-corrected chi connectivity index (χ4v) is 1.68. The lowest BCUT2D eigenvalue weighted by Crippen LogP contribution is -2.12. The van der Waals surface area contributed by atoms with Crippen molar-refractivity contribution >= 4 is 5.69 Å². The molecule has 2 aromatic carbocycles. The minimum atomic E-state index is -4.72. The Kier molecular flexibility index (Phi) is 3.44. The molecular formula is C13H8F4N2O+. The van der Waals surface area contributed by atoms with Gasteiger partial charge in [-0.25, -0.2) is 4.39 Å². The molecular weight excluding hydrogens is 276 g/mol. The first-order valence-electron chi connectivity index (χ1n) is 5.40. The Hall–Kier alpha value is -2.44. The summed E-state index contributed by atoms with van der Waals surface area (Å²) < 4.78 is 51.8. The largest absolute Gasteiger partial charge is 0.417 e. The quantitative estimate of drug-likeness (QED) is 0.396. The molecule has 2 N–H and O–H groups in total. The summed E-state index contributed by atoms with van der Waals surface area (Å²) in [6.45, 7) is 0. The van der Waals surface area contributed by atoms with Gasteiger partial charge in [0.1, 0.15) is 5.82 Å². The van der Waals surface area contributed by atoms with Gasteiger partial charge in [0, 0.05) is 11.6 Å². The van der Waals surface area contributed by atoms with Crippen LogP contribution in [0.5, 0.6) is 0 Å². The summed E-state index contributed by atoms with van der Waals surface area (Å²) in [5.41, 5.74) is -1.89. The van der Waals surface area contributed by atoms with Crippen molar-refractivity contribution in [2.24, 2.45) is 5.84 Å². The molecule has 0 atom stereocenters. The Morgan fingerprint density at radius 3 is 2.35 bits per heavy atom. The van der Waals surface area contributed by atoms with Crippen LogP contribution >= 0.6 is 0 Å². The van der Waals surface area contributed by atoms with Crippen molar-refractivity contribution in [3.63, 3.8) is 0 Å². The summed E-state index contributed by atoms with van der Waals surface area (Å²) in [5.74, 6) is 4.19. The molecule has 20 heavy (non-hydrogen) atoms. The van der Waals surface area contributed by atoms with Crippen LogP contribution in [0, 0.1) is 16.8 Å². The lowest BCUT2D eigenvalue weighted by atomic mass is 10.0. The average molecular weight is 284 g/mol. The van der Waals surface area contributed by atoms with Gasteiger partial charge in [-0.2, -0.15) is 19.0 Å². The van der Waals surface area contributed by atoms with Crippen LogP contribution in [0.1, 0.15) is 5.56 Å². The number of halogens is 4. The summed E-state index contributed by atoms with van der Waals surface area (Å²) in [4.78, 5) is 10.7. The number of nitroso groups, excluding NO2 is 1. The molecule has 3 nitrogen and oxygen atoms in total. The fraction of sp³-hybridized carbons (Fsp3) is 0.0769. The molecule has 0 amide bonds. The van der Waals surface area contributed by atoms with Crippen molar-refractivity contribution in [1.82, 2.24) is 0 Å². The number of hydrazine groups is 1. The van der Waals surface area contributed by atoms with Gasteiger partial charge in [0.05, 0.1) is 16.5 Å². The van der Waals surface area contributed by atoms with Gasteiger partial charge >= 0.3 is 11.9 Å². The minimum Gasteiger partial charge on any atom is -0.206 e. The number of nitrogens with two attached hydrogens (primary N) is 1. The van der Waals surface area contributed by atoms with E-state index in [9.17, 15) is 22.5 Å². The highest BCUT2D eigenvalue weighted by atomic mass is 19.4. The maximum absolute atomic E-state index is 13.6. The molecule has 2 rings (SSSR count). The highest BCUT2D eigenvalue weighted by Gasteiger charge is 2.34. The van der Waals surface area contributed by atoms with Gasteiger partial charge in [-0.1, -0.05) is 18.2 Å². The fourth-order valence-electron chi connectivity index (χ4n) is 1.68. The number of benzene rings is 2. The molecule has 0 bridgehead atoms. The summed E-state index contributed by atoms with van der Waals surface area (Å²) in [7, 11) is 0. The molecule has 0 heterocycles. The monoisotopic (exact) mass is 284 g/mol. The van der Waals surface area contributed by atoms with Crippen LogP contribution in [0.25, 0.3) is 11.1 Å². The van der Waals surface area contributed by atoms with Crippen LogP contribution in [0.3, 0.4) is 0 Å². The van der Waals surface area contributed by atoms with Crippen LogP contribution in [0.4, 0.5) is 23.2 Å². The third-order valence-corrected chi connectivity index (χ3v) is 2.58. The Morgan fingerprint density at radius 1 is 1.15 bits per heavy atom. The highest BCUT2D eigenvalue weighted by Crippen LogP contribution is 2.35. The topological polar surface area (TPSA) is 46.1 Å². The van der Waals surface area contributed by atoms with E-state index >= 15 is 0 Å². The molecule has 0 fully saturated rings. The van der Waals surface area contributed by atoms with Crippen molar-refractivity contribution in [3.05, 3.63) is 58.8 Å².